The van der Waals surface area contributed by atoms with Crippen LogP contribution in [0, 0.1) is 5.92 Å². The highest BCUT2D eigenvalue weighted by Crippen LogP contribution is 2.37. The summed E-state index contributed by atoms with van der Waals surface area (Å²) in [6.45, 7) is 3.99. The Morgan fingerprint density at radius 1 is 0.920 bits per heavy atom. The smallest absolute Gasteiger partial charge is 0.251 e. The number of methoxy groups -OCH3 is 3. The molecular weight excluding hydrogens is 644 g/mol. The van der Waals surface area contributed by atoms with Crippen molar-refractivity contribution in [2.45, 2.75) is 52.1 Å². The Hall–Kier alpha value is -5.46. The maximum Gasteiger partial charge on any atom is 0.251 e. The molecule has 0 spiro atoms. The number of carbonyl (C=O) groups is 4. The van der Waals surface area contributed by atoms with Gasteiger partial charge in [0, 0.05) is 25.1 Å². The molecule has 1 aliphatic heterocycles. The Bertz CT molecular complexity index is 1680. The van der Waals surface area contributed by atoms with Crippen molar-refractivity contribution in [1.29, 1.82) is 0 Å². The van der Waals surface area contributed by atoms with Crippen molar-refractivity contribution in [3.05, 3.63) is 71.3 Å². The van der Waals surface area contributed by atoms with Gasteiger partial charge < -0.3 is 44.9 Å². The number of amides is 4. The number of phenols is 1. The number of aryl methyl sites for hydroxylation is 1. The predicted octanol–water partition coefficient (Wildman–Crippen LogP) is 3.95. The van der Waals surface area contributed by atoms with Gasteiger partial charge in [-0.3, -0.25) is 19.2 Å². The lowest BCUT2D eigenvalue weighted by Gasteiger charge is -2.26. The standard InChI is InChI=1S/C37H46N4O9/c1-23(2)35-37(46)39-21-26-28(47-3)9-8-10-29(26)50-32-20-25(13-15-30(32)48-4)36(45)38-17-6-7-18-41(22-33(43)40-35)34(44)16-12-24-11-14-27(42)31(19-24)49-5/h8-11,13-15,19-20,23,35,42H,6-7,12,16-18,21-22H2,1-5H3,(H,38,45)(H,39,46)(H,40,43)/t35-/m1/s1. The summed E-state index contributed by atoms with van der Waals surface area (Å²) < 4.78 is 22.5. The molecule has 4 rings (SSSR count). The van der Waals surface area contributed by atoms with Crippen molar-refractivity contribution in [3.63, 3.8) is 0 Å². The van der Waals surface area contributed by atoms with Crippen LogP contribution in [0.1, 0.15) is 54.6 Å². The fourth-order valence-corrected chi connectivity index (χ4v) is 5.55. The molecule has 13 heteroatoms. The summed E-state index contributed by atoms with van der Waals surface area (Å²) >= 11 is 0. The normalized spacial score (nSPS) is 16.2. The number of aromatic hydroxyl groups is 1. The molecule has 1 heterocycles. The van der Waals surface area contributed by atoms with Gasteiger partial charge in [-0.05, 0) is 73.2 Å². The third-order valence-corrected chi connectivity index (χ3v) is 8.36. The molecule has 268 valence electrons. The maximum absolute atomic E-state index is 13.5. The number of nitrogens with one attached hydrogen (secondary N) is 3. The summed E-state index contributed by atoms with van der Waals surface area (Å²) in [5, 5.41) is 18.6. The highest BCUT2D eigenvalue weighted by Gasteiger charge is 2.27. The number of phenolic OH excluding ortho intramolecular Hbond substituents is 1. The van der Waals surface area contributed by atoms with Crippen LogP contribution >= 0.6 is 0 Å². The largest absolute Gasteiger partial charge is 0.504 e. The van der Waals surface area contributed by atoms with Crippen LogP contribution in [0.2, 0.25) is 0 Å². The fourth-order valence-electron chi connectivity index (χ4n) is 5.55. The Balaban J connectivity index is 1.60. The number of nitrogens with zero attached hydrogens (tertiary/aromatic N) is 1. The van der Waals surface area contributed by atoms with Gasteiger partial charge in [0.2, 0.25) is 17.7 Å². The lowest BCUT2D eigenvalue weighted by Crippen LogP contribution is -2.52. The first kappa shape index (κ1) is 37.4. The van der Waals surface area contributed by atoms with Gasteiger partial charge in [0.15, 0.2) is 23.0 Å². The quantitative estimate of drug-likeness (QED) is 0.287. The zero-order valence-corrected chi connectivity index (χ0v) is 29.2. The van der Waals surface area contributed by atoms with Gasteiger partial charge in [0.25, 0.3) is 5.91 Å². The highest BCUT2D eigenvalue weighted by atomic mass is 16.5. The summed E-state index contributed by atoms with van der Waals surface area (Å²) in [4.78, 5) is 55.0. The third kappa shape index (κ3) is 9.80. The molecule has 50 heavy (non-hydrogen) atoms. The van der Waals surface area contributed by atoms with E-state index in [1.807, 2.05) is 13.8 Å². The first-order valence-corrected chi connectivity index (χ1v) is 16.5. The molecule has 0 radical (unpaired) electrons. The van der Waals surface area contributed by atoms with E-state index in [4.69, 9.17) is 18.9 Å². The molecular formula is C37H46N4O9. The van der Waals surface area contributed by atoms with Crippen LogP contribution in [-0.2, 0) is 27.3 Å². The second kappa shape index (κ2) is 17.8. The van der Waals surface area contributed by atoms with E-state index >= 15 is 0 Å². The lowest BCUT2D eigenvalue weighted by molar-refractivity contribution is -0.137. The van der Waals surface area contributed by atoms with E-state index < -0.39 is 17.9 Å². The Labute approximate surface area is 292 Å². The van der Waals surface area contributed by atoms with Crippen LogP contribution in [0.3, 0.4) is 0 Å². The van der Waals surface area contributed by atoms with E-state index in [9.17, 15) is 24.3 Å². The number of fused-ring (bicyclic) bond motifs is 3. The average molecular weight is 691 g/mol. The van der Waals surface area contributed by atoms with Crippen molar-refractivity contribution >= 4 is 23.6 Å². The van der Waals surface area contributed by atoms with Crippen LogP contribution < -0.4 is 34.9 Å². The minimum Gasteiger partial charge on any atom is -0.504 e. The first-order valence-electron chi connectivity index (χ1n) is 16.5. The zero-order valence-electron chi connectivity index (χ0n) is 29.2. The van der Waals surface area contributed by atoms with Crippen molar-refractivity contribution in [2.75, 3.05) is 41.0 Å². The van der Waals surface area contributed by atoms with E-state index in [1.165, 1.54) is 32.3 Å². The van der Waals surface area contributed by atoms with Crippen LogP contribution in [0.25, 0.3) is 0 Å². The molecule has 0 aliphatic carbocycles. The van der Waals surface area contributed by atoms with Gasteiger partial charge in [-0.15, -0.1) is 0 Å². The van der Waals surface area contributed by atoms with Crippen molar-refractivity contribution < 1.29 is 43.2 Å². The molecule has 0 fully saturated rings. The van der Waals surface area contributed by atoms with Crippen LogP contribution in [0.15, 0.2) is 54.6 Å². The molecule has 0 saturated heterocycles. The molecule has 4 amide bonds. The summed E-state index contributed by atoms with van der Waals surface area (Å²) in [6.07, 6.45) is 1.51. The van der Waals surface area contributed by atoms with Gasteiger partial charge in [-0.2, -0.15) is 0 Å². The maximum atomic E-state index is 13.5. The average Bonchev–Trinajstić information content (AvgIpc) is 3.11. The topological polar surface area (TPSA) is 165 Å². The van der Waals surface area contributed by atoms with Crippen molar-refractivity contribution in [1.82, 2.24) is 20.9 Å². The van der Waals surface area contributed by atoms with Gasteiger partial charge in [0.05, 0.1) is 40.0 Å². The number of rotatable bonds is 7. The van der Waals surface area contributed by atoms with E-state index in [-0.39, 0.29) is 49.5 Å². The number of benzene rings is 3. The summed E-state index contributed by atoms with van der Waals surface area (Å²) in [6, 6.07) is 14.1. The number of hydrogen-bond acceptors (Lipinski definition) is 9. The molecule has 2 bridgehead atoms. The fraction of sp³-hybridized carbons (Fsp3) is 0.405. The van der Waals surface area contributed by atoms with E-state index in [2.05, 4.69) is 16.0 Å². The zero-order chi connectivity index (χ0) is 36.2. The molecule has 3 aromatic carbocycles. The molecule has 0 unspecified atom stereocenters. The predicted molar refractivity (Wildman–Crippen MR) is 186 cm³/mol. The number of carbonyl (C=O) groups excluding carboxylic acids is 4. The SMILES string of the molecule is COc1cc(CCC(=O)N2CCCCNC(=O)c3ccc(OC)c(c3)Oc3cccc(OC)c3CNC(=O)[C@@H](C(C)C)NC(=O)C2)ccc1O. The molecule has 4 N–H and O–H groups in total. The van der Waals surface area contributed by atoms with Gasteiger partial charge in [-0.25, -0.2) is 0 Å². The highest BCUT2D eigenvalue weighted by molar-refractivity contribution is 5.95. The minimum absolute atomic E-state index is 0.00187. The molecule has 1 aliphatic rings. The third-order valence-electron chi connectivity index (χ3n) is 8.36. The minimum atomic E-state index is -0.888. The lowest BCUT2D eigenvalue weighted by atomic mass is 10.0. The second-order valence-electron chi connectivity index (χ2n) is 12.2. The van der Waals surface area contributed by atoms with Crippen LogP contribution in [0.4, 0.5) is 0 Å². The van der Waals surface area contributed by atoms with E-state index in [0.717, 1.165) is 5.56 Å². The Morgan fingerprint density at radius 2 is 1.68 bits per heavy atom. The monoisotopic (exact) mass is 690 g/mol. The van der Waals surface area contributed by atoms with Gasteiger partial charge >= 0.3 is 0 Å². The summed E-state index contributed by atoms with van der Waals surface area (Å²) in [7, 11) is 4.45. The summed E-state index contributed by atoms with van der Waals surface area (Å²) in [5.74, 6) is 0.0941. The van der Waals surface area contributed by atoms with Crippen molar-refractivity contribution in [2.24, 2.45) is 5.92 Å². The molecule has 1 atom stereocenters. The van der Waals surface area contributed by atoms with Crippen molar-refractivity contribution in [3.8, 4) is 34.5 Å². The number of ether oxygens (including phenoxy) is 4. The van der Waals surface area contributed by atoms with E-state index in [1.54, 1.807) is 48.5 Å². The molecule has 13 nitrogen and oxygen atoms in total. The van der Waals surface area contributed by atoms with Crippen LogP contribution in [0.5, 0.6) is 34.5 Å². The van der Waals surface area contributed by atoms with Crippen LogP contribution in [-0.4, -0.2) is 80.6 Å². The van der Waals surface area contributed by atoms with Gasteiger partial charge in [0.1, 0.15) is 17.5 Å². The van der Waals surface area contributed by atoms with Gasteiger partial charge in [-0.1, -0.05) is 26.0 Å². The van der Waals surface area contributed by atoms with E-state index in [0.29, 0.717) is 65.7 Å². The number of hydrogen-bond donors (Lipinski definition) is 4. The molecule has 3 aromatic rings. The Morgan fingerprint density at radius 3 is 2.40 bits per heavy atom. The summed E-state index contributed by atoms with van der Waals surface area (Å²) in [5.41, 5.74) is 1.67. The molecule has 0 aromatic heterocycles. The molecule has 0 saturated carbocycles. The second-order valence-corrected chi connectivity index (χ2v) is 12.2. The first-order chi connectivity index (χ1) is 24.0. The Kier molecular flexibility index (Phi) is 13.3.